The Hall–Kier alpha value is -3.10. The number of fused-ring (bicyclic) bond motifs is 1. The summed E-state index contributed by atoms with van der Waals surface area (Å²) in [6.45, 7) is 1.87. The van der Waals surface area contributed by atoms with E-state index < -0.39 is 23.2 Å². The molecule has 1 heterocycles. The number of carbonyl (C=O) groups is 3. The molecule has 0 unspecified atom stereocenters. The largest absolute Gasteiger partial charge is 0.488 e. The Morgan fingerprint density at radius 3 is 2.58 bits per heavy atom. The van der Waals surface area contributed by atoms with Crippen molar-refractivity contribution < 1.29 is 23.9 Å². The molecule has 168 valence electrons. The fourth-order valence-electron chi connectivity index (χ4n) is 3.45. The monoisotopic (exact) mass is 525 g/mol. The number of ether oxygens (including phenoxy) is 2. The second kappa shape index (κ2) is 9.80. The average Bonchev–Trinajstić information content (AvgIpc) is 3.09. The molecule has 1 saturated heterocycles. The van der Waals surface area contributed by atoms with Gasteiger partial charge in [0.05, 0.1) is 16.5 Å². The molecule has 0 aliphatic carbocycles. The first-order chi connectivity index (χ1) is 15.9. The van der Waals surface area contributed by atoms with Crippen LogP contribution in [-0.2, 0) is 20.9 Å². The van der Waals surface area contributed by atoms with Gasteiger partial charge in [-0.2, -0.15) is 0 Å². The Morgan fingerprint density at radius 2 is 1.85 bits per heavy atom. The Morgan fingerprint density at radius 1 is 1.09 bits per heavy atom. The topological polar surface area (TPSA) is 72.9 Å². The van der Waals surface area contributed by atoms with Gasteiger partial charge < -0.3 is 9.47 Å². The molecule has 3 aromatic carbocycles. The lowest BCUT2D eigenvalue weighted by Crippen LogP contribution is -2.42. The number of imide groups is 1. The molecule has 1 fully saturated rings. The SMILES string of the molecule is COC(=O)[C@H](C)N1C(=O)S/C(=C/c2ccc(OCc3ccc4ccccc4c3)c(Br)c2)C1=O. The van der Waals surface area contributed by atoms with Crippen molar-refractivity contribution in [2.24, 2.45) is 0 Å². The Kier molecular flexibility index (Phi) is 6.85. The molecule has 2 amide bonds. The van der Waals surface area contributed by atoms with Crippen molar-refractivity contribution in [2.75, 3.05) is 7.11 Å². The Bertz CT molecular complexity index is 1290. The summed E-state index contributed by atoms with van der Waals surface area (Å²) < 4.78 is 11.3. The molecule has 1 atom stereocenters. The third-order valence-corrected chi connectivity index (χ3v) is 6.72. The molecule has 1 aliphatic rings. The zero-order valence-electron chi connectivity index (χ0n) is 17.9. The molecule has 6 nitrogen and oxygen atoms in total. The van der Waals surface area contributed by atoms with E-state index in [9.17, 15) is 14.4 Å². The lowest BCUT2D eigenvalue weighted by atomic mass is 10.1. The number of benzene rings is 3. The third-order valence-electron chi connectivity index (χ3n) is 5.22. The number of rotatable bonds is 6. The molecular formula is C25H20BrNO5S. The van der Waals surface area contributed by atoms with Gasteiger partial charge in [-0.1, -0.05) is 42.5 Å². The van der Waals surface area contributed by atoms with Gasteiger partial charge >= 0.3 is 5.97 Å². The van der Waals surface area contributed by atoms with Crippen LogP contribution >= 0.6 is 27.7 Å². The van der Waals surface area contributed by atoms with E-state index in [1.807, 2.05) is 24.3 Å². The van der Waals surface area contributed by atoms with Crippen molar-refractivity contribution in [1.29, 1.82) is 0 Å². The number of amides is 2. The second-order valence-corrected chi connectivity index (χ2v) is 9.26. The van der Waals surface area contributed by atoms with Crippen LogP contribution in [0.1, 0.15) is 18.1 Å². The lowest BCUT2D eigenvalue weighted by molar-refractivity contribution is -0.148. The number of halogens is 1. The van der Waals surface area contributed by atoms with Crippen LogP contribution < -0.4 is 4.74 Å². The van der Waals surface area contributed by atoms with Crippen molar-refractivity contribution in [3.8, 4) is 5.75 Å². The summed E-state index contributed by atoms with van der Waals surface area (Å²) in [4.78, 5) is 37.8. The predicted molar refractivity (Wildman–Crippen MR) is 132 cm³/mol. The molecule has 1 aliphatic heterocycles. The highest BCUT2D eigenvalue weighted by Gasteiger charge is 2.41. The van der Waals surface area contributed by atoms with Crippen molar-refractivity contribution in [1.82, 2.24) is 4.90 Å². The van der Waals surface area contributed by atoms with E-state index in [1.165, 1.54) is 19.4 Å². The van der Waals surface area contributed by atoms with E-state index in [2.05, 4.69) is 44.9 Å². The number of hydrogen-bond donors (Lipinski definition) is 0. The summed E-state index contributed by atoms with van der Waals surface area (Å²) in [6, 6.07) is 18.8. The van der Waals surface area contributed by atoms with E-state index in [0.29, 0.717) is 12.4 Å². The molecule has 0 spiro atoms. The molecule has 8 heteroatoms. The van der Waals surface area contributed by atoms with Gasteiger partial charge in [0, 0.05) is 0 Å². The zero-order chi connectivity index (χ0) is 23.5. The van der Waals surface area contributed by atoms with Crippen molar-refractivity contribution in [2.45, 2.75) is 19.6 Å². The van der Waals surface area contributed by atoms with Gasteiger partial charge in [-0.05, 0) is 80.8 Å². The minimum Gasteiger partial charge on any atom is -0.488 e. The quantitative estimate of drug-likeness (QED) is 0.300. The highest BCUT2D eigenvalue weighted by molar-refractivity contribution is 9.10. The van der Waals surface area contributed by atoms with E-state index >= 15 is 0 Å². The number of nitrogens with zero attached hydrogens (tertiary/aromatic N) is 1. The molecule has 0 bridgehead atoms. The van der Waals surface area contributed by atoms with Gasteiger partial charge in [0.2, 0.25) is 0 Å². The van der Waals surface area contributed by atoms with Crippen LogP contribution in [0.5, 0.6) is 5.75 Å². The number of thioether (sulfide) groups is 1. The van der Waals surface area contributed by atoms with Crippen LogP contribution in [0.4, 0.5) is 4.79 Å². The molecule has 4 rings (SSSR count). The van der Waals surface area contributed by atoms with E-state index in [4.69, 9.17) is 4.74 Å². The minimum absolute atomic E-state index is 0.243. The molecule has 0 saturated carbocycles. The number of hydrogen-bond acceptors (Lipinski definition) is 6. The third kappa shape index (κ3) is 4.96. The first kappa shape index (κ1) is 23.1. The number of methoxy groups -OCH3 is 1. The fraction of sp³-hybridized carbons (Fsp3) is 0.160. The molecule has 33 heavy (non-hydrogen) atoms. The first-order valence-corrected chi connectivity index (χ1v) is 11.7. The summed E-state index contributed by atoms with van der Waals surface area (Å²) in [7, 11) is 1.22. The highest BCUT2D eigenvalue weighted by atomic mass is 79.9. The van der Waals surface area contributed by atoms with Crippen molar-refractivity contribution in [3.63, 3.8) is 0 Å². The van der Waals surface area contributed by atoms with Gasteiger partial charge in [0.25, 0.3) is 11.1 Å². The maximum Gasteiger partial charge on any atom is 0.328 e. The smallest absolute Gasteiger partial charge is 0.328 e. The summed E-state index contributed by atoms with van der Waals surface area (Å²) in [5.41, 5.74) is 1.77. The van der Waals surface area contributed by atoms with Gasteiger partial charge in [-0.25, -0.2) is 4.79 Å². The summed E-state index contributed by atoms with van der Waals surface area (Å²) >= 11 is 4.31. The van der Waals surface area contributed by atoms with Crippen LogP contribution in [0.2, 0.25) is 0 Å². The first-order valence-electron chi connectivity index (χ1n) is 10.1. The molecular weight excluding hydrogens is 506 g/mol. The van der Waals surface area contributed by atoms with Crippen LogP contribution in [0.25, 0.3) is 16.8 Å². The van der Waals surface area contributed by atoms with E-state index in [1.54, 1.807) is 18.2 Å². The summed E-state index contributed by atoms with van der Waals surface area (Å²) in [5.74, 6) is -0.502. The molecule has 3 aromatic rings. The van der Waals surface area contributed by atoms with Crippen molar-refractivity contribution >= 4 is 61.7 Å². The van der Waals surface area contributed by atoms with Crippen LogP contribution in [0, 0.1) is 0 Å². The number of carbonyl (C=O) groups excluding carboxylic acids is 3. The summed E-state index contributed by atoms with van der Waals surface area (Å²) in [6.07, 6.45) is 1.62. The average molecular weight is 526 g/mol. The minimum atomic E-state index is -0.981. The van der Waals surface area contributed by atoms with Gasteiger partial charge in [0.15, 0.2) is 0 Å². The molecule has 0 N–H and O–H groups in total. The normalized spacial score (nSPS) is 15.8. The molecule has 0 aromatic heterocycles. The van der Waals surface area contributed by atoms with Crippen molar-refractivity contribution in [3.05, 3.63) is 81.2 Å². The maximum absolute atomic E-state index is 12.7. The Balaban J connectivity index is 1.47. The zero-order valence-corrected chi connectivity index (χ0v) is 20.3. The van der Waals surface area contributed by atoms with E-state index in [-0.39, 0.29) is 4.91 Å². The van der Waals surface area contributed by atoms with E-state index in [0.717, 1.165) is 37.6 Å². The maximum atomic E-state index is 12.7. The van der Waals surface area contributed by atoms with Gasteiger partial charge in [0.1, 0.15) is 18.4 Å². The lowest BCUT2D eigenvalue weighted by Gasteiger charge is -2.18. The van der Waals surface area contributed by atoms with Crippen LogP contribution in [-0.4, -0.2) is 35.2 Å². The van der Waals surface area contributed by atoms with Crippen LogP contribution in [0.3, 0.4) is 0 Å². The highest BCUT2D eigenvalue weighted by Crippen LogP contribution is 2.35. The second-order valence-electron chi connectivity index (χ2n) is 7.41. The predicted octanol–water partition coefficient (Wildman–Crippen LogP) is 5.78. The standard InChI is InChI=1S/C25H20BrNO5S/c1-15(24(29)31-2)27-23(28)22(33-25(27)30)13-16-8-10-21(20(26)12-16)32-14-17-7-9-18-5-3-4-6-19(18)11-17/h3-13,15H,14H2,1-2H3/b22-13+/t15-/m0/s1. The van der Waals surface area contributed by atoms with Crippen LogP contribution in [0.15, 0.2) is 70.0 Å². The van der Waals surface area contributed by atoms with Gasteiger partial charge in [-0.3, -0.25) is 14.5 Å². The van der Waals surface area contributed by atoms with Gasteiger partial charge in [-0.15, -0.1) is 0 Å². The fourth-order valence-corrected chi connectivity index (χ4v) is 4.87. The molecule has 0 radical (unpaired) electrons. The number of esters is 1. The summed E-state index contributed by atoms with van der Waals surface area (Å²) in [5, 5.41) is 1.83. The Labute approximate surface area is 203 Å².